The molecule has 5 heterocycles. The number of nitrogens with zero attached hydrogens (tertiary/aromatic N) is 6. The topological polar surface area (TPSA) is 89.1 Å². The molecule has 2 aliphatic heterocycles. The van der Waals surface area contributed by atoms with E-state index in [2.05, 4.69) is 27.0 Å². The number of pyridine rings is 1. The zero-order valence-corrected chi connectivity index (χ0v) is 18.5. The number of aromatic hydroxyl groups is 1. The number of aromatic nitrogens is 5. The minimum Gasteiger partial charge on any atom is -0.507 e. The Bertz CT molecular complexity index is 1420. The third-order valence-electron chi connectivity index (χ3n) is 7.51. The van der Waals surface area contributed by atoms with Crippen molar-refractivity contribution in [3.63, 3.8) is 0 Å². The second-order valence-electron chi connectivity index (χ2n) is 9.33. The molecule has 1 N–H and O–H groups in total. The van der Waals surface area contributed by atoms with Crippen molar-refractivity contribution >= 4 is 21.8 Å². The van der Waals surface area contributed by atoms with Gasteiger partial charge in [-0.1, -0.05) is 0 Å². The number of phenols is 1. The molecule has 1 aromatic carbocycles. The molecule has 2 unspecified atom stereocenters. The van der Waals surface area contributed by atoms with E-state index in [1.165, 1.54) is 12.8 Å². The summed E-state index contributed by atoms with van der Waals surface area (Å²) in [5.41, 5.74) is 2.54. The molecule has 2 saturated heterocycles. The molecule has 8 heteroatoms. The zero-order valence-electron chi connectivity index (χ0n) is 18.5. The standard InChI is InChI=1S/C24H26N6O2/c1-13-21-14(12-28(2)27-21)8-18(22(13)31)23-25-11-19-20(26-23)6-7-30(24(19)32)17-9-15-4-5-16(10-17)29(15)3/h6-8,11-12,15-17,31H,4-5,9-10H2,1-3H3. The molecule has 0 amide bonds. The molecule has 0 radical (unpaired) electrons. The molecule has 4 aromatic rings. The van der Waals surface area contributed by atoms with Gasteiger partial charge in [0.15, 0.2) is 5.82 Å². The van der Waals surface area contributed by atoms with Gasteiger partial charge in [0, 0.05) is 54.7 Å². The highest BCUT2D eigenvalue weighted by Gasteiger charge is 2.39. The predicted octanol–water partition coefficient (Wildman–Crippen LogP) is 3.16. The van der Waals surface area contributed by atoms with E-state index in [0.717, 1.165) is 23.7 Å². The van der Waals surface area contributed by atoms with Crippen molar-refractivity contribution in [2.75, 3.05) is 7.05 Å². The molecule has 32 heavy (non-hydrogen) atoms. The summed E-state index contributed by atoms with van der Waals surface area (Å²) in [4.78, 5) is 24.9. The average Bonchev–Trinajstić information content (AvgIpc) is 3.23. The van der Waals surface area contributed by atoms with Gasteiger partial charge in [0.1, 0.15) is 5.75 Å². The highest BCUT2D eigenvalue weighted by atomic mass is 16.3. The first kappa shape index (κ1) is 19.4. The van der Waals surface area contributed by atoms with Crippen molar-refractivity contribution in [3.05, 3.63) is 46.6 Å². The van der Waals surface area contributed by atoms with E-state index >= 15 is 0 Å². The summed E-state index contributed by atoms with van der Waals surface area (Å²) in [6, 6.07) is 5.10. The highest BCUT2D eigenvalue weighted by Crippen LogP contribution is 2.39. The molecule has 2 atom stereocenters. The smallest absolute Gasteiger partial charge is 0.261 e. The lowest BCUT2D eigenvalue weighted by atomic mass is 9.97. The Hall–Kier alpha value is -3.26. The second-order valence-corrected chi connectivity index (χ2v) is 9.33. The van der Waals surface area contributed by atoms with Crippen LogP contribution in [0.3, 0.4) is 0 Å². The first-order valence-corrected chi connectivity index (χ1v) is 11.2. The molecular weight excluding hydrogens is 404 g/mol. The van der Waals surface area contributed by atoms with Crippen LogP contribution in [-0.2, 0) is 7.05 Å². The van der Waals surface area contributed by atoms with E-state index in [1.807, 2.05) is 43.1 Å². The highest BCUT2D eigenvalue weighted by molar-refractivity contribution is 5.90. The van der Waals surface area contributed by atoms with Crippen LogP contribution in [0.2, 0.25) is 0 Å². The molecule has 3 aromatic heterocycles. The normalized spacial score (nSPS) is 23.4. The lowest BCUT2D eigenvalue weighted by molar-refractivity contribution is 0.136. The van der Waals surface area contributed by atoms with Crippen LogP contribution in [0.5, 0.6) is 5.75 Å². The molecule has 2 fully saturated rings. The Balaban J connectivity index is 1.42. The molecule has 2 aliphatic rings. The van der Waals surface area contributed by atoms with E-state index in [4.69, 9.17) is 0 Å². The van der Waals surface area contributed by atoms with E-state index < -0.39 is 0 Å². The SMILES string of the molecule is Cc1c(O)c(-c2ncc3c(=O)n(C4CC5CCC(C4)N5C)ccc3n2)cc2cn(C)nc12. The molecular formula is C24H26N6O2. The van der Waals surface area contributed by atoms with Gasteiger partial charge in [-0.2, -0.15) is 5.10 Å². The van der Waals surface area contributed by atoms with Gasteiger partial charge in [-0.25, -0.2) is 9.97 Å². The first-order valence-electron chi connectivity index (χ1n) is 11.2. The van der Waals surface area contributed by atoms with Crippen LogP contribution in [0.4, 0.5) is 0 Å². The Morgan fingerprint density at radius 3 is 2.62 bits per heavy atom. The molecule has 6 rings (SSSR count). The van der Waals surface area contributed by atoms with Crippen molar-refractivity contribution in [3.8, 4) is 17.1 Å². The van der Waals surface area contributed by atoms with Crippen LogP contribution < -0.4 is 5.56 Å². The van der Waals surface area contributed by atoms with Gasteiger partial charge in [0.05, 0.1) is 22.0 Å². The Labute approximate surface area is 185 Å². The summed E-state index contributed by atoms with van der Waals surface area (Å²) in [5.74, 6) is 0.518. The third kappa shape index (κ3) is 2.79. The van der Waals surface area contributed by atoms with Crippen molar-refractivity contribution in [1.82, 2.24) is 29.2 Å². The van der Waals surface area contributed by atoms with Gasteiger partial charge in [-0.15, -0.1) is 0 Å². The van der Waals surface area contributed by atoms with E-state index in [0.29, 0.717) is 39.9 Å². The minimum atomic E-state index is -0.0360. The number of hydrogen-bond acceptors (Lipinski definition) is 6. The molecule has 0 spiro atoms. The minimum absolute atomic E-state index is 0.0360. The number of benzene rings is 1. The largest absolute Gasteiger partial charge is 0.507 e. The number of aryl methyl sites for hydroxylation is 2. The van der Waals surface area contributed by atoms with Crippen LogP contribution in [-0.4, -0.2) is 53.5 Å². The van der Waals surface area contributed by atoms with Crippen LogP contribution in [0.1, 0.15) is 37.3 Å². The molecule has 0 saturated carbocycles. The van der Waals surface area contributed by atoms with Gasteiger partial charge in [-0.05, 0) is 51.8 Å². The van der Waals surface area contributed by atoms with E-state index in [1.54, 1.807) is 10.9 Å². The van der Waals surface area contributed by atoms with Crippen molar-refractivity contribution < 1.29 is 5.11 Å². The molecule has 2 bridgehead atoms. The number of piperidine rings is 1. The van der Waals surface area contributed by atoms with Crippen LogP contribution >= 0.6 is 0 Å². The number of hydrogen-bond donors (Lipinski definition) is 1. The third-order valence-corrected chi connectivity index (χ3v) is 7.51. The van der Waals surface area contributed by atoms with Gasteiger partial charge in [-0.3, -0.25) is 9.48 Å². The zero-order chi connectivity index (χ0) is 22.1. The van der Waals surface area contributed by atoms with Gasteiger partial charge >= 0.3 is 0 Å². The lowest BCUT2D eigenvalue weighted by Gasteiger charge is -2.37. The van der Waals surface area contributed by atoms with Crippen molar-refractivity contribution in [2.45, 2.75) is 50.7 Å². The van der Waals surface area contributed by atoms with E-state index in [9.17, 15) is 9.90 Å². The van der Waals surface area contributed by atoms with Gasteiger partial charge in [0.2, 0.25) is 0 Å². The predicted molar refractivity (Wildman–Crippen MR) is 123 cm³/mol. The first-order chi connectivity index (χ1) is 15.4. The molecule has 0 aliphatic carbocycles. The Morgan fingerprint density at radius 1 is 1.12 bits per heavy atom. The fourth-order valence-electron chi connectivity index (χ4n) is 5.68. The lowest BCUT2D eigenvalue weighted by Crippen LogP contribution is -2.42. The van der Waals surface area contributed by atoms with Crippen LogP contribution in [0, 0.1) is 6.92 Å². The Kier molecular flexibility index (Phi) is 4.17. The summed E-state index contributed by atoms with van der Waals surface area (Å²) >= 11 is 0. The molecule has 8 nitrogen and oxygen atoms in total. The summed E-state index contributed by atoms with van der Waals surface area (Å²) < 4.78 is 3.60. The maximum Gasteiger partial charge on any atom is 0.261 e. The summed E-state index contributed by atoms with van der Waals surface area (Å²) in [6.07, 6.45) is 9.84. The Morgan fingerprint density at radius 2 is 1.88 bits per heavy atom. The van der Waals surface area contributed by atoms with Crippen LogP contribution in [0.25, 0.3) is 33.2 Å². The average molecular weight is 431 g/mol. The summed E-state index contributed by atoms with van der Waals surface area (Å²) in [7, 11) is 4.06. The van der Waals surface area contributed by atoms with Gasteiger partial charge < -0.3 is 14.6 Å². The number of rotatable bonds is 2. The fourth-order valence-corrected chi connectivity index (χ4v) is 5.68. The second kappa shape index (κ2) is 6.87. The van der Waals surface area contributed by atoms with Crippen molar-refractivity contribution in [1.29, 1.82) is 0 Å². The van der Waals surface area contributed by atoms with Crippen LogP contribution in [0.15, 0.2) is 35.5 Å². The monoisotopic (exact) mass is 430 g/mol. The quantitative estimate of drug-likeness (QED) is 0.526. The summed E-state index contributed by atoms with van der Waals surface area (Å²) in [6.45, 7) is 1.84. The number of fused-ring (bicyclic) bond motifs is 4. The number of phenolic OH excluding ortho intramolecular Hbond substituents is 1. The molecule has 164 valence electrons. The van der Waals surface area contributed by atoms with Crippen molar-refractivity contribution in [2.24, 2.45) is 7.05 Å². The fraction of sp³-hybridized carbons (Fsp3) is 0.417. The van der Waals surface area contributed by atoms with Gasteiger partial charge in [0.25, 0.3) is 5.56 Å². The van der Waals surface area contributed by atoms with E-state index in [-0.39, 0.29) is 17.4 Å². The maximum absolute atomic E-state index is 13.3. The maximum atomic E-state index is 13.3. The summed E-state index contributed by atoms with van der Waals surface area (Å²) in [5, 5.41) is 16.6.